The Morgan fingerprint density at radius 1 is 1.22 bits per heavy atom. The van der Waals surface area contributed by atoms with Crippen LogP contribution >= 0.6 is 0 Å². The standard InChI is InChI=1S/C38H49FN5O2/c1-8-12-26-19-28(20-26)44-34-21-27(14-15-29(34)38(17-10-3,37(44)46)18-16-24(5)25(6)23-45)32-22-33-35(43(7)42-33)36(41-32)40-31(13-9-2)30(39)11-4/h9,11,13-15,21-26,28H,4,8,10,12,16-20H2,1-3,5-7H3,(H,40,41)/q+1/b13-9-,31-30-. The van der Waals surface area contributed by atoms with E-state index in [1.807, 2.05) is 27.0 Å². The zero-order valence-electron chi connectivity index (χ0n) is 28.3. The number of carbonyl (C=O) groups is 2. The molecule has 244 valence electrons. The van der Waals surface area contributed by atoms with E-state index < -0.39 is 11.2 Å². The van der Waals surface area contributed by atoms with Crippen molar-refractivity contribution in [3.8, 4) is 11.3 Å². The summed E-state index contributed by atoms with van der Waals surface area (Å²) in [6, 6.07) is 8.46. The maximum atomic E-state index is 14.7. The fraction of sp³-hybridized carbons (Fsp3) is 0.500. The number of benzene rings is 1. The first-order valence-electron chi connectivity index (χ1n) is 17.0. The van der Waals surface area contributed by atoms with Crippen molar-refractivity contribution < 1.29 is 18.7 Å². The van der Waals surface area contributed by atoms with E-state index in [1.165, 1.54) is 12.5 Å². The van der Waals surface area contributed by atoms with E-state index >= 15 is 0 Å². The molecule has 8 heteroatoms. The molecule has 1 fully saturated rings. The maximum Gasteiger partial charge on any atom is 0.305 e. The van der Waals surface area contributed by atoms with Crippen molar-refractivity contribution in [2.24, 2.45) is 22.9 Å². The summed E-state index contributed by atoms with van der Waals surface area (Å²) in [4.78, 5) is 33.3. The Bertz CT molecular complexity index is 1600. The molecule has 7 nitrogen and oxygen atoms in total. The van der Waals surface area contributed by atoms with Gasteiger partial charge in [-0.2, -0.15) is 0 Å². The average Bonchev–Trinajstić information content (AvgIpc) is 3.25. The second-order valence-electron chi connectivity index (χ2n) is 13.5. The van der Waals surface area contributed by atoms with Crippen LogP contribution in [0.5, 0.6) is 0 Å². The molecule has 3 heterocycles. The van der Waals surface area contributed by atoms with Gasteiger partial charge in [0.25, 0.3) is 0 Å². The first-order valence-corrected chi connectivity index (χ1v) is 17.0. The summed E-state index contributed by atoms with van der Waals surface area (Å²) in [7, 11) is 1.84. The summed E-state index contributed by atoms with van der Waals surface area (Å²) in [5, 5.41) is 7.72. The molecule has 2 aromatic rings. The van der Waals surface area contributed by atoms with E-state index in [0.717, 1.165) is 79.4 Å². The Morgan fingerprint density at radius 3 is 2.61 bits per heavy atom. The minimum Gasteiger partial charge on any atom is -0.332 e. The van der Waals surface area contributed by atoms with Crippen LogP contribution < -0.4 is 10.2 Å². The highest BCUT2D eigenvalue weighted by Gasteiger charge is 2.53. The van der Waals surface area contributed by atoms with E-state index in [-0.39, 0.29) is 29.5 Å². The van der Waals surface area contributed by atoms with Crippen LogP contribution in [0.3, 0.4) is 0 Å². The number of hydrogen-bond donors (Lipinski definition) is 1. The molecule has 0 radical (unpaired) electrons. The molecule has 3 unspecified atom stereocenters. The van der Waals surface area contributed by atoms with E-state index in [2.05, 4.69) is 60.9 Å². The Morgan fingerprint density at radius 2 is 1.98 bits per heavy atom. The fourth-order valence-corrected chi connectivity index (χ4v) is 7.48. The van der Waals surface area contributed by atoms with Crippen molar-refractivity contribution >= 4 is 35.1 Å². The van der Waals surface area contributed by atoms with Crippen LogP contribution in [0, 0.1) is 17.8 Å². The van der Waals surface area contributed by atoms with Gasteiger partial charge in [0.2, 0.25) is 17.4 Å². The molecule has 46 heavy (non-hydrogen) atoms. The first-order chi connectivity index (χ1) is 22.1. The third-order valence-electron chi connectivity index (χ3n) is 10.4. The summed E-state index contributed by atoms with van der Waals surface area (Å²) in [6.45, 7) is 13.9. The van der Waals surface area contributed by atoms with Crippen LogP contribution in [0.25, 0.3) is 11.3 Å². The molecule has 1 amide bonds. The van der Waals surface area contributed by atoms with Gasteiger partial charge in [-0.05, 0) is 74.6 Å². The second-order valence-corrected chi connectivity index (χ2v) is 13.5. The number of halogens is 1. The number of pyridine rings is 1. The molecule has 0 bridgehead atoms. The van der Waals surface area contributed by atoms with E-state index in [1.54, 1.807) is 16.8 Å². The quantitative estimate of drug-likeness (QED) is 0.121. The van der Waals surface area contributed by atoms with Gasteiger partial charge in [0.1, 0.15) is 12.1 Å². The van der Waals surface area contributed by atoms with E-state index in [0.29, 0.717) is 17.4 Å². The number of azo groups is 2. The highest BCUT2D eigenvalue weighted by atomic mass is 19.1. The van der Waals surface area contributed by atoms with Gasteiger partial charge in [0.15, 0.2) is 7.05 Å². The van der Waals surface area contributed by atoms with Crippen molar-refractivity contribution in [2.75, 3.05) is 17.3 Å². The van der Waals surface area contributed by atoms with Crippen LogP contribution in [0.1, 0.15) is 91.5 Å². The van der Waals surface area contributed by atoms with Crippen molar-refractivity contribution in [2.45, 2.75) is 97.4 Å². The third-order valence-corrected chi connectivity index (χ3v) is 10.4. The van der Waals surface area contributed by atoms with Crippen LogP contribution in [0.2, 0.25) is 0 Å². The van der Waals surface area contributed by atoms with Crippen LogP contribution in [0.4, 0.5) is 27.3 Å². The lowest BCUT2D eigenvalue weighted by Gasteiger charge is -2.42. The fourth-order valence-electron chi connectivity index (χ4n) is 7.48. The maximum absolute atomic E-state index is 14.7. The smallest absolute Gasteiger partial charge is 0.305 e. The first kappa shape index (κ1) is 33.4. The van der Waals surface area contributed by atoms with Crippen LogP contribution in [-0.2, 0) is 15.0 Å². The Balaban J connectivity index is 1.58. The molecular formula is C38H49FN5O2+. The molecule has 1 aliphatic carbocycles. The van der Waals surface area contributed by atoms with E-state index in [9.17, 15) is 14.0 Å². The summed E-state index contributed by atoms with van der Waals surface area (Å²) in [5.41, 5.74) is 4.86. The normalized spacial score (nSPS) is 23.5. The Labute approximate surface area is 273 Å². The van der Waals surface area contributed by atoms with Gasteiger partial charge in [-0.15, -0.1) is 0 Å². The number of anilines is 2. The molecule has 0 saturated heterocycles. The minimum atomic E-state index is -0.609. The zero-order valence-corrected chi connectivity index (χ0v) is 28.3. The largest absolute Gasteiger partial charge is 0.332 e. The predicted molar refractivity (Wildman–Crippen MR) is 183 cm³/mol. The highest BCUT2D eigenvalue weighted by Crippen LogP contribution is 2.53. The van der Waals surface area contributed by atoms with Crippen molar-refractivity contribution in [3.05, 3.63) is 66.2 Å². The number of nitrogens with zero attached hydrogens (tertiary/aromatic N) is 4. The van der Waals surface area contributed by atoms with Gasteiger partial charge in [-0.3, -0.25) is 4.79 Å². The van der Waals surface area contributed by atoms with Crippen LogP contribution in [-0.4, -0.2) is 35.0 Å². The number of fused-ring (bicyclic) bond motifs is 2. The van der Waals surface area contributed by atoms with Gasteiger partial charge < -0.3 is 15.0 Å². The molecule has 1 N–H and O–H groups in total. The lowest BCUT2D eigenvalue weighted by molar-refractivity contribution is -0.493. The number of aromatic nitrogens is 1. The summed E-state index contributed by atoms with van der Waals surface area (Å²) in [5.74, 6) is 1.03. The minimum absolute atomic E-state index is 0.0493. The van der Waals surface area contributed by atoms with Gasteiger partial charge in [0.05, 0.1) is 16.8 Å². The predicted octanol–water partition coefficient (Wildman–Crippen LogP) is 9.69. The molecule has 3 aliphatic rings. The summed E-state index contributed by atoms with van der Waals surface area (Å²) in [6.07, 6.45) is 13.2. The molecule has 1 saturated carbocycles. The number of aldehydes is 1. The Kier molecular flexibility index (Phi) is 10.0. The van der Waals surface area contributed by atoms with Crippen molar-refractivity contribution in [3.63, 3.8) is 0 Å². The highest BCUT2D eigenvalue weighted by molar-refractivity contribution is 6.09. The van der Waals surface area contributed by atoms with Gasteiger partial charge in [-0.25, -0.2) is 9.37 Å². The lowest BCUT2D eigenvalue weighted by atomic mass is 9.71. The topological polar surface area (TPSA) is 77.7 Å². The number of hydrogen-bond acceptors (Lipinski definition) is 5. The molecule has 1 aromatic heterocycles. The number of amides is 1. The molecule has 0 spiro atoms. The zero-order chi connectivity index (χ0) is 33.2. The van der Waals surface area contributed by atoms with Crippen molar-refractivity contribution in [1.82, 2.24) is 4.98 Å². The average molecular weight is 627 g/mol. The number of nitrogens with one attached hydrogen (secondary N) is 1. The molecular weight excluding hydrogens is 577 g/mol. The third kappa shape index (κ3) is 5.98. The van der Waals surface area contributed by atoms with Gasteiger partial charge in [0, 0.05) is 34.4 Å². The monoisotopic (exact) mass is 626 g/mol. The number of carbonyl (C=O) groups excluding carboxylic acids is 2. The molecule has 3 atom stereocenters. The Hall–Kier alpha value is -3.94. The second kappa shape index (κ2) is 13.8. The van der Waals surface area contributed by atoms with Gasteiger partial charge >= 0.3 is 5.69 Å². The van der Waals surface area contributed by atoms with Gasteiger partial charge in [-0.1, -0.05) is 76.4 Å². The van der Waals surface area contributed by atoms with Crippen LogP contribution in [0.15, 0.2) is 65.7 Å². The molecule has 2 aliphatic heterocycles. The SMILES string of the molecule is C=C/C(F)=C(\C=C/C)Nc1nc(-c2ccc3c(c2)N(C2CC(CCC)C2)C(=O)C3(CCC)CCC(C)C(C)C=O)cc2c1[N+](C)=N2. The molecule has 5 rings (SSSR count). The van der Waals surface area contributed by atoms with Crippen molar-refractivity contribution in [1.29, 1.82) is 0 Å². The summed E-state index contributed by atoms with van der Waals surface area (Å²) >= 11 is 0. The summed E-state index contributed by atoms with van der Waals surface area (Å²) < 4.78 is 16.4. The van der Waals surface area contributed by atoms with E-state index in [4.69, 9.17) is 4.98 Å². The number of allylic oxidation sites excluding steroid dienone is 4. The lowest BCUT2D eigenvalue weighted by Crippen LogP contribution is -2.50. The molecule has 1 aromatic carbocycles. The number of rotatable bonds is 15.